The number of hydrogen-bond acceptors (Lipinski definition) is 26. The number of nitrogens with two attached hydrogens (primary N) is 2. The fourth-order valence-corrected chi connectivity index (χ4v) is 14.7. The number of benzene rings is 4. The Morgan fingerprint density at radius 1 is 0.545 bits per heavy atom. The first-order valence-electron chi connectivity index (χ1n) is 42.8. The second kappa shape index (κ2) is 53.8. The van der Waals surface area contributed by atoms with Gasteiger partial charge in [0, 0.05) is 60.7 Å². The summed E-state index contributed by atoms with van der Waals surface area (Å²) < 4.78 is 48.0. The van der Waals surface area contributed by atoms with Crippen LogP contribution in [0.2, 0.25) is 0 Å². The average Bonchev–Trinajstić information content (AvgIpc) is 1.61. The van der Waals surface area contributed by atoms with Crippen molar-refractivity contribution in [2.24, 2.45) is 11.7 Å². The van der Waals surface area contributed by atoms with Gasteiger partial charge in [-0.2, -0.15) is 0 Å². The Morgan fingerprint density at radius 3 is 1.71 bits per heavy atom. The normalized spacial score (nSPS) is 19.9. The number of anilines is 1. The number of Topliss-reactive ketones (excluding diaryl/α,β-unsaturated/α-hetero) is 1. The van der Waals surface area contributed by atoms with Crippen molar-refractivity contribution in [3.05, 3.63) is 131 Å². The molecule has 48 heteroatoms. The number of cyclic esters (lactones) is 1. The van der Waals surface area contributed by atoms with Crippen LogP contribution in [-0.4, -0.2) is 256 Å². The van der Waals surface area contributed by atoms with Crippen molar-refractivity contribution in [1.29, 1.82) is 0 Å². The molecule has 0 radical (unpaired) electrons. The highest BCUT2D eigenvalue weighted by atomic mass is 32.2. The van der Waals surface area contributed by atoms with E-state index in [9.17, 15) is 125 Å². The third kappa shape index (κ3) is 36.4. The van der Waals surface area contributed by atoms with Crippen LogP contribution in [0.15, 0.2) is 108 Å². The number of aromatic nitrogens is 1. The largest absolute Gasteiger partial charge is 0.481 e. The standard InChI is InChI=1S/C86H113FN18O28S/c1-5-6-7-8-9-10-11-22-67(109)97-58(33-50-41-91-56-20-15-13-17-53(50)56)80(124)100-59(35-66(89)108)81(125)102-62(38-73(118)119)82(126)105-75-47(4)133-86(130)63(34-65(107)54-18-12-14-19-55(54)88)103-85(129)74(45(2)32-70(112)113)104-83(127)64(44-106)98-69(111)42-92-77(121)60(36-71(114)115)99-76(120)46(3)95-79(123)61(37-72(116)117)101-78(122)57(96-68(110)43-93-84(75)128)21-16-31-90-39-48-25-29-52(30-26-48)134(131,132)94-40-49-23-27-51(87)28-24-49/h12-15,17-20,23-30,41,45-47,57-64,74-75,90-91,94,106H,5-11,16,21-22,31-40,42-44,88H2,1-4H3,(H2,89,108)(H,92,121)(H,93,128)(H,95,123)(H,96,110)(H,97,109)(H,98,111)(H,99,120)(H,100,124)(H,101,122)(H,102,125)(H,103,129)(H,104,127)(H,105,126)(H,112,113)(H,114,115)(H,116,117)(H,118,119). The van der Waals surface area contributed by atoms with Crippen molar-refractivity contribution in [2.75, 3.05) is 32.0 Å². The SMILES string of the molecule is CCCCCCCCCC(=O)NC(Cc1c[nH]c2ccccc12)C(=O)NC(CC(N)=O)C(=O)NC(CC(=O)O)C(=O)NC1C(=O)NCC(=O)NC(CCCNCc2ccc(S(=O)(=O)NCc3ccc(F)cc3)cc2)C(=O)NC(CC(=O)O)C(=O)NC(C)C(=O)NC(CC(=O)O)C(=O)NCC(=O)NC(CO)C(=O)NC(C(C)CC(=O)O)C(=O)NC(CC(=O)c2ccccc2N)C(=O)OC1C. The average molecular weight is 1900 g/mol. The monoisotopic (exact) mass is 1900 g/mol. The van der Waals surface area contributed by atoms with Crippen LogP contribution in [0.5, 0.6) is 0 Å². The van der Waals surface area contributed by atoms with Crippen LogP contribution in [0.4, 0.5) is 10.1 Å². The summed E-state index contributed by atoms with van der Waals surface area (Å²) in [5, 5.41) is 82.6. The van der Waals surface area contributed by atoms with E-state index >= 15 is 9.59 Å². The van der Waals surface area contributed by atoms with E-state index < -0.39 is 277 Å². The smallest absolute Gasteiger partial charge is 0.329 e. The molecule has 1 saturated heterocycles. The van der Waals surface area contributed by atoms with Crippen LogP contribution in [0, 0.1) is 11.7 Å². The van der Waals surface area contributed by atoms with Gasteiger partial charge in [-0.1, -0.05) is 107 Å². The molecular formula is C86H113FN18O28S. The van der Waals surface area contributed by atoms with Crippen LogP contribution in [0.3, 0.4) is 0 Å². The number of aliphatic hydroxyl groups is 1. The maximum absolute atomic E-state index is 15.1. The number of para-hydroxylation sites is 2. The number of H-pyrrole nitrogens is 1. The van der Waals surface area contributed by atoms with Crippen LogP contribution in [-0.2, 0) is 125 Å². The molecule has 46 nitrogen and oxygen atoms in total. The number of sulfonamides is 1. The number of carboxylic acids is 4. The third-order valence-electron chi connectivity index (χ3n) is 21.0. The molecule has 5 aromatic rings. The summed E-state index contributed by atoms with van der Waals surface area (Å²) in [5.74, 6) is -30.9. The number of carbonyl (C=O) groups is 20. The summed E-state index contributed by atoms with van der Waals surface area (Å²) in [6, 6.07) is -0.649. The van der Waals surface area contributed by atoms with Crippen molar-refractivity contribution in [3.63, 3.8) is 0 Å². The molecule has 6 rings (SSSR count). The molecule has 13 unspecified atom stereocenters. The zero-order valence-corrected chi connectivity index (χ0v) is 74.5. The lowest BCUT2D eigenvalue weighted by Gasteiger charge is -2.30. The molecule has 4 aromatic carbocycles. The zero-order valence-electron chi connectivity index (χ0n) is 73.7. The minimum absolute atomic E-state index is 0.0124. The fraction of sp³-hybridized carbons (Fsp3) is 0.465. The number of amides is 14. The van der Waals surface area contributed by atoms with Gasteiger partial charge < -0.3 is 121 Å². The van der Waals surface area contributed by atoms with Crippen LogP contribution in [0.1, 0.15) is 157 Å². The topological polar surface area (TPSA) is 734 Å². The summed E-state index contributed by atoms with van der Waals surface area (Å²) in [5.41, 5.74) is 13.3. The molecule has 0 aliphatic carbocycles. The maximum Gasteiger partial charge on any atom is 0.329 e. The number of unbranched alkanes of at least 4 members (excludes halogenated alkanes) is 6. The van der Waals surface area contributed by atoms with Gasteiger partial charge in [0.1, 0.15) is 78.4 Å². The number of ether oxygens (including phenoxy) is 1. The predicted octanol–water partition coefficient (Wildman–Crippen LogP) is -3.17. The van der Waals surface area contributed by atoms with E-state index in [0.29, 0.717) is 40.4 Å². The molecule has 1 aliphatic heterocycles. The summed E-state index contributed by atoms with van der Waals surface area (Å²) in [6.45, 7) is 0.887. The minimum atomic E-state index is -4.10. The first kappa shape index (κ1) is 108. The molecule has 134 heavy (non-hydrogen) atoms. The number of carboxylic acid groups (broad SMARTS) is 4. The van der Waals surface area contributed by atoms with Gasteiger partial charge in [0.15, 0.2) is 5.78 Å². The Kier molecular flexibility index (Phi) is 43.5. The number of aliphatic hydroxyl groups excluding tert-OH is 1. The first-order valence-corrected chi connectivity index (χ1v) is 44.2. The molecule has 728 valence electrons. The highest BCUT2D eigenvalue weighted by Gasteiger charge is 2.42. The van der Waals surface area contributed by atoms with Crippen LogP contribution in [0.25, 0.3) is 10.9 Å². The first-order chi connectivity index (χ1) is 63.4. The number of nitrogen functional groups attached to an aromatic ring is 1. The number of hydrogen-bond donors (Lipinski definition) is 23. The second-order valence-electron chi connectivity index (χ2n) is 31.7. The second-order valence-corrected chi connectivity index (χ2v) is 33.5. The van der Waals surface area contributed by atoms with Gasteiger partial charge in [0.2, 0.25) is 92.7 Å². The molecule has 0 bridgehead atoms. The fourth-order valence-electron chi connectivity index (χ4n) is 13.7. The van der Waals surface area contributed by atoms with Crippen molar-refractivity contribution in [2.45, 2.75) is 227 Å². The van der Waals surface area contributed by atoms with Crippen molar-refractivity contribution in [1.82, 2.24) is 84.1 Å². The van der Waals surface area contributed by atoms with Gasteiger partial charge in [0.05, 0.1) is 56.7 Å². The van der Waals surface area contributed by atoms with Gasteiger partial charge in [-0.3, -0.25) is 91.1 Å². The quantitative estimate of drug-likeness (QED) is 0.00793. The highest BCUT2D eigenvalue weighted by Crippen LogP contribution is 2.23. The number of esters is 1. The van der Waals surface area contributed by atoms with Crippen LogP contribution >= 0.6 is 0 Å². The zero-order chi connectivity index (χ0) is 99.1. The third-order valence-corrected chi connectivity index (χ3v) is 22.4. The molecule has 13 atom stereocenters. The van der Waals surface area contributed by atoms with Gasteiger partial charge in [-0.05, 0) is 105 Å². The Balaban J connectivity index is 1.42. The summed E-state index contributed by atoms with van der Waals surface area (Å²) >= 11 is 0. The lowest BCUT2D eigenvalue weighted by Crippen LogP contribution is -2.62. The van der Waals surface area contributed by atoms with Crippen molar-refractivity contribution >= 4 is 145 Å². The van der Waals surface area contributed by atoms with Crippen molar-refractivity contribution in [3.8, 4) is 0 Å². The van der Waals surface area contributed by atoms with Gasteiger partial charge in [0.25, 0.3) is 0 Å². The number of carbonyl (C=O) groups excluding carboxylic acids is 16. The van der Waals surface area contributed by atoms with Crippen LogP contribution < -0.4 is 90.6 Å². The lowest BCUT2D eigenvalue weighted by atomic mass is 9.96. The Bertz CT molecular complexity index is 5180. The molecule has 0 spiro atoms. The molecule has 1 fully saturated rings. The van der Waals surface area contributed by atoms with Gasteiger partial charge >= 0.3 is 29.8 Å². The number of rotatable bonds is 42. The van der Waals surface area contributed by atoms with Gasteiger partial charge in [-0.15, -0.1) is 0 Å². The summed E-state index contributed by atoms with van der Waals surface area (Å²) in [4.78, 5) is 280. The molecule has 1 aliphatic rings. The predicted molar refractivity (Wildman–Crippen MR) is 470 cm³/mol. The lowest BCUT2D eigenvalue weighted by molar-refractivity contribution is -0.156. The summed E-state index contributed by atoms with van der Waals surface area (Å²) in [7, 11) is -4.10. The van der Waals surface area contributed by atoms with E-state index in [4.69, 9.17) is 16.2 Å². The Hall–Kier alpha value is -14.4. The molecule has 25 N–H and O–H groups in total. The molecular weight excluding hydrogens is 1780 g/mol. The van der Waals surface area contributed by atoms with E-state index in [0.717, 1.165) is 65.0 Å². The number of nitrogens with one attached hydrogen (secondary N) is 16. The number of primary amides is 1. The maximum atomic E-state index is 15.1. The number of aromatic amines is 1. The molecule has 2 heterocycles. The Labute approximate surface area is 767 Å². The molecule has 0 saturated carbocycles. The summed E-state index contributed by atoms with van der Waals surface area (Å²) in [6.07, 6.45) is -2.89. The molecule has 14 amide bonds. The Morgan fingerprint density at radius 2 is 1.09 bits per heavy atom. The van der Waals surface area contributed by atoms with Crippen molar-refractivity contribution < 1.29 is 139 Å². The molecule has 1 aromatic heterocycles. The number of ketones is 1. The number of aliphatic carboxylic acids is 4. The minimum Gasteiger partial charge on any atom is -0.481 e. The van der Waals surface area contributed by atoms with E-state index in [-0.39, 0.29) is 55.0 Å². The number of halogens is 1. The van der Waals surface area contributed by atoms with E-state index in [2.05, 4.69) is 75.1 Å². The van der Waals surface area contributed by atoms with E-state index in [1.165, 1.54) is 60.7 Å². The highest BCUT2D eigenvalue weighted by molar-refractivity contribution is 7.89. The number of fused-ring (bicyclic) bond motifs is 1. The van der Waals surface area contributed by atoms with Gasteiger partial charge in [-0.25, -0.2) is 22.3 Å². The van der Waals surface area contributed by atoms with E-state index in [1.54, 1.807) is 30.5 Å². The van der Waals surface area contributed by atoms with E-state index in [1.807, 2.05) is 16.0 Å².